The highest BCUT2D eigenvalue weighted by molar-refractivity contribution is 7.14. The maximum Gasteiger partial charge on any atom is 0.265 e. The minimum absolute atomic E-state index is 0.0999. The predicted molar refractivity (Wildman–Crippen MR) is 95.1 cm³/mol. The fraction of sp³-hybridized carbons (Fsp3) is 0.444. The van der Waals surface area contributed by atoms with E-state index in [9.17, 15) is 4.79 Å². The molecule has 6 nitrogen and oxygen atoms in total. The van der Waals surface area contributed by atoms with E-state index in [1.807, 2.05) is 31.2 Å². The maximum absolute atomic E-state index is 12.6. The normalized spacial score (nSPS) is 20.2. The Hall–Kier alpha value is -1.96. The number of carbonyl (C=O) groups is 1. The molecule has 2 aromatic heterocycles. The summed E-state index contributed by atoms with van der Waals surface area (Å²) in [5, 5.41) is 3.08. The molecule has 2 aromatic rings. The highest BCUT2D eigenvalue weighted by atomic mass is 32.1. The second-order valence-corrected chi connectivity index (χ2v) is 7.12. The summed E-state index contributed by atoms with van der Waals surface area (Å²) in [6.45, 7) is 3.41. The van der Waals surface area contributed by atoms with Gasteiger partial charge in [0.15, 0.2) is 0 Å². The van der Waals surface area contributed by atoms with Gasteiger partial charge in [0.05, 0.1) is 32.1 Å². The monoisotopic (exact) mass is 362 g/mol. The summed E-state index contributed by atoms with van der Waals surface area (Å²) >= 11 is 1.43. The maximum atomic E-state index is 12.6. The van der Waals surface area contributed by atoms with Crippen molar-refractivity contribution in [1.29, 1.82) is 0 Å². The van der Waals surface area contributed by atoms with E-state index in [0.29, 0.717) is 36.9 Å². The second-order valence-electron chi connectivity index (χ2n) is 5.87. The highest BCUT2D eigenvalue weighted by Gasteiger charge is 2.29. The van der Waals surface area contributed by atoms with Crippen LogP contribution in [0.25, 0.3) is 0 Å². The number of carbonyl (C=O) groups excluding carboxylic acids is 1. The molecule has 0 bridgehead atoms. The number of pyridine rings is 1. The first-order valence-electron chi connectivity index (χ1n) is 8.22. The van der Waals surface area contributed by atoms with E-state index in [0.717, 1.165) is 10.6 Å². The summed E-state index contributed by atoms with van der Waals surface area (Å²) in [6.07, 6.45) is 2.25. The summed E-state index contributed by atoms with van der Waals surface area (Å²) in [5.41, 5.74) is 0.855. The number of nitrogens with one attached hydrogen (secondary N) is 1. The molecule has 1 amide bonds. The topological polar surface area (TPSA) is 69.7 Å². The molecule has 134 valence electrons. The van der Waals surface area contributed by atoms with Crippen molar-refractivity contribution in [3.05, 3.63) is 45.9 Å². The van der Waals surface area contributed by atoms with E-state index in [1.165, 1.54) is 11.3 Å². The largest absolute Gasteiger partial charge is 0.495 e. The van der Waals surface area contributed by atoms with Crippen molar-refractivity contribution < 1.29 is 19.0 Å². The zero-order valence-electron chi connectivity index (χ0n) is 14.4. The number of amides is 1. The van der Waals surface area contributed by atoms with Crippen molar-refractivity contribution >= 4 is 17.2 Å². The first kappa shape index (κ1) is 17.8. The molecule has 1 aliphatic rings. The third kappa shape index (κ3) is 4.56. The molecule has 3 heterocycles. The van der Waals surface area contributed by atoms with Gasteiger partial charge in [-0.15, -0.1) is 11.3 Å². The summed E-state index contributed by atoms with van der Waals surface area (Å²) in [7, 11) is 1.57. The van der Waals surface area contributed by atoms with Crippen LogP contribution in [0.3, 0.4) is 0 Å². The second kappa shape index (κ2) is 8.42. The molecule has 0 saturated carbocycles. The first-order chi connectivity index (χ1) is 12.2. The SMILES string of the molecule is COc1cc(C)sc1C(=O)N[C@@H]1CCOC[C@H]1OCc1ccccn1. The molecule has 25 heavy (non-hydrogen) atoms. The Balaban J connectivity index is 1.63. The van der Waals surface area contributed by atoms with Crippen LogP contribution in [0.5, 0.6) is 5.75 Å². The van der Waals surface area contributed by atoms with E-state index in [1.54, 1.807) is 13.3 Å². The number of methoxy groups -OCH3 is 1. The Bertz CT molecular complexity index is 704. The standard InChI is InChI=1S/C18H22N2O4S/c1-12-9-15(22-2)17(25-12)18(21)20-14-6-8-23-11-16(14)24-10-13-5-3-4-7-19-13/h3-5,7,9,14,16H,6,8,10-11H2,1-2H3,(H,20,21)/t14-,16-/m1/s1. The smallest absolute Gasteiger partial charge is 0.265 e. The van der Waals surface area contributed by atoms with E-state index >= 15 is 0 Å². The Morgan fingerprint density at radius 1 is 1.48 bits per heavy atom. The minimum Gasteiger partial charge on any atom is -0.495 e. The van der Waals surface area contributed by atoms with Crippen LogP contribution in [-0.4, -0.2) is 43.4 Å². The molecule has 3 rings (SSSR count). The van der Waals surface area contributed by atoms with Gasteiger partial charge in [0, 0.05) is 17.7 Å². The fourth-order valence-corrected chi connectivity index (χ4v) is 3.63. The van der Waals surface area contributed by atoms with Crippen LogP contribution in [0, 0.1) is 6.92 Å². The van der Waals surface area contributed by atoms with Crippen molar-refractivity contribution in [2.75, 3.05) is 20.3 Å². The highest BCUT2D eigenvalue weighted by Crippen LogP contribution is 2.29. The van der Waals surface area contributed by atoms with Gasteiger partial charge >= 0.3 is 0 Å². The molecule has 0 spiro atoms. The van der Waals surface area contributed by atoms with Gasteiger partial charge in [-0.1, -0.05) is 6.07 Å². The molecular formula is C18H22N2O4S. The van der Waals surface area contributed by atoms with E-state index in [4.69, 9.17) is 14.2 Å². The van der Waals surface area contributed by atoms with Crippen molar-refractivity contribution in [2.24, 2.45) is 0 Å². The summed E-state index contributed by atoms with van der Waals surface area (Å²) in [5.74, 6) is 0.478. The summed E-state index contributed by atoms with van der Waals surface area (Å²) in [6, 6.07) is 7.48. The molecule has 2 atom stereocenters. The Kier molecular flexibility index (Phi) is 6.01. The number of thiophene rings is 1. The summed E-state index contributed by atoms with van der Waals surface area (Å²) in [4.78, 5) is 18.5. The zero-order valence-corrected chi connectivity index (χ0v) is 15.2. The van der Waals surface area contributed by atoms with Crippen LogP contribution in [0.2, 0.25) is 0 Å². The number of aromatic nitrogens is 1. The fourth-order valence-electron chi connectivity index (χ4n) is 2.75. The zero-order chi connectivity index (χ0) is 17.6. The number of hydrogen-bond donors (Lipinski definition) is 1. The van der Waals surface area contributed by atoms with Crippen molar-refractivity contribution in [3.63, 3.8) is 0 Å². The van der Waals surface area contributed by atoms with E-state index in [-0.39, 0.29) is 18.1 Å². The van der Waals surface area contributed by atoms with Crippen LogP contribution < -0.4 is 10.1 Å². The van der Waals surface area contributed by atoms with Crippen LogP contribution in [0.1, 0.15) is 26.7 Å². The van der Waals surface area contributed by atoms with Gasteiger partial charge in [0.1, 0.15) is 16.7 Å². The third-order valence-electron chi connectivity index (χ3n) is 4.04. The molecule has 7 heteroatoms. The van der Waals surface area contributed by atoms with E-state index in [2.05, 4.69) is 10.3 Å². The lowest BCUT2D eigenvalue weighted by Crippen LogP contribution is -2.49. The molecular weight excluding hydrogens is 340 g/mol. The Morgan fingerprint density at radius 2 is 2.36 bits per heavy atom. The number of aryl methyl sites for hydroxylation is 1. The van der Waals surface area contributed by atoms with Gasteiger partial charge in [-0.25, -0.2) is 0 Å². The number of hydrogen-bond acceptors (Lipinski definition) is 6. The molecule has 0 unspecified atom stereocenters. The van der Waals surface area contributed by atoms with Crippen LogP contribution in [0.15, 0.2) is 30.5 Å². The lowest BCUT2D eigenvalue weighted by atomic mass is 10.1. The van der Waals surface area contributed by atoms with Gasteiger partial charge in [0.25, 0.3) is 5.91 Å². The van der Waals surface area contributed by atoms with Gasteiger partial charge < -0.3 is 19.5 Å². The van der Waals surface area contributed by atoms with Crippen molar-refractivity contribution in [1.82, 2.24) is 10.3 Å². The predicted octanol–water partition coefficient (Wildman–Crippen LogP) is 2.56. The molecule has 1 saturated heterocycles. The lowest BCUT2D eigenvalue weighted by molar-refractivity contribution is -0.0743. The van der Waals surface area contributed by atoms with Gasteiger partial charge in [-0.05, 0) is 31.5 Å². The van der Waals surface area contributed by atoms with Crippen LogP contribution >= 0.6 is 11.3 Å². The first-order valence-corrected chi connectivity index (χ1v) is 9.03. The minimum atomic E-state index is -0.202. The average molecular weight is 362 g/mol. The van der Waals surface area contributed by atoms with Crippen molar-refractivity contribution in [3.8, 4) is 5.75 Å². The summed E-state index contributed by atoms with van der Waals surface area (Å²) < 4.78 is 16.8. The quantitative estimate of drug-likeness (QED) is 0.855. The van der Waals surface area contributed by atoms with Gasteiger partial charge in [-0.2, -0.15) is 0 Å². The van der Waals surface area contributed by atoms with Crippen LogP contribution in [-0.2, 0) is 16.1 Å². The van der Waals surface area contributed by atoms with E-state index < -0.39 is 0 Å². The molecule has 1 N–H and O–H groups in total. The lowest BCUT2D eigenvalue weighted by Gasteiger charge is -2.32. The number of nitrogens with zero attached hydrogens (tertiary/aromatic N) is 1. The third-order valence-corrected chi connectivity index (χ3v) is 5.07. The molecule has 0 radical (unpaired) electrons. The molecule has 1 aliphatic heterocycles. The molecule has 0 aliphatic carbocycles. The number of ether oxygens (including phenoxy) is 3. The van der Waals surface area contributed by atoms with Gasteiger partial charge in [-0.3, -0.25) is 9.78 Å². The van der Waals surface area contributed by atoms with Crippen molar-refractivity contribution in [2.45, 2.75) is 32.1 Å². The Morgan fingerprint density at radius 3 is 3.12 bits per heavy atom. The Labute approximate surface area is 151 Å². The van der Waals surface area contributed by atoms with Crippen LogP contribution in [0.4, 0.5) is 0 Å². The van der Waals surface area contributed by atoms with Gasteiger partial charge in [0.2, 0.25) is 0 Å². The molecule has 0 aromatic carbocycles. The molecule has 1 fully saturated rings. The number of rotatable bonds is 6. The average Bonchev–Trinajstić information content (AvgIpc) is 3.03.